The van der Waals surface area contributed by atoms with Crippen LogP contribution in [0.5, 0.6) is 0 Å². The van der Waals surface area contributed by atoms with Crippen LogP contribution in [0.2, 0.25) is 0 Å². The lowest BCUT2D eigenvalue weighted by atomic mass is 9.94. The topological polar surface area (TPSA) is 76.2 Å². The second-order valence-electron chi connectivity index (χ2n) is 4.70. The maximum Gasteiger partial charge on any atom is 0.312 e. The van der Waals surface area contributed by atoms with E-state index in [1.54, 1.807) is 11.3 Å². The van der Waals surface area contributed by atoms with Gasteiger partial charge in [0.25, 0.3) is 0 Å². The SMILES string of the molecule is NCC(C(=O)O)c1ccccc1-c1nc2ccccc2s1. The van der Waals surface area contributed by atoms with Gasteiger partial charge in [-0.15, -0.1) is 11.3 Å². The molecule has 21 heavy (non-hydrogen) atoms. The van der Waals surface area contributed by atoms with Gasteiger partial charge in [0.05, 0.1) is 16.1 Å². The predicted molar refractivity (Wildman–Crippen MR) is 84.5 cm³/mol. The van der Waals surface area contributed by atoms with Gasteiger partial charge in [0, 0.05) is 12.1 Å². The highest BCUT2D eigenvalue weighted by atomic mass is 32.1. The zero-order valence-electron chi connectivity index (χ0n) is 11.2. The Kier molecular flexibility index (Phi) is 3.68. The highest BCUT2D eigenvalue weighted by Crippen LogP contribution is 2.34. The fourth-order valence-corrected chi connectivity index (χ4v) is 3.36. The summed E-state index contributed by atoms with van der Waals surface area (Å²) in [5, 5.41) is 10.2. The van der Waals surface area contributed by atoms with Crippen LogP contribution in [0, 0.1) is 0 Å². The zero-order valence-corrected chi connectivity index (χ0v) is 12.0. The number of hydrogen-bond acceptors (Lipinski definition) is 4. The standard InChI is InChI=1S/C16H14N2O2S/c17-9-12(16(19)20)10-5-1-2-6-11(10)15-18-13-7-3-4-8-14(13)21-15/h1-8,12H,9,17H2,(H,19,20). The summed E-state index contributed by atoms with van der Waals surface area (Å²) in [5.41, 5.74) is 8.11. The summed E-state index contributed by atoms with van der Waals surface area (Å²) < 4.78 is 1.09. The number of nitrogens with zero attached hydrogens (tertiary/aromatic N) is 1. The molecule has 3 rings (SSSR count). The predicted octanol–water partition coefficient (Wildman–Crippen LogP) is 3.09. The third kappa shape index (κ3) is 2.53. The minimum Gasteiger partial charge on any atom is -0.481 e. The number of hydrogen-bond donors (Lipinski definition) is 2. The molecule has 1 atom stereocenters. The number of thiazole rings is 1. The van der Waals surface area contributed by atoms with E-state index >= 15 is 0 Å². The molecule has 0 radical (unpaired) electrons. The van der Waals surface area contributed by atoms with E-state index in [-0.39, 0.29) is 6.54 Å². The molecule has 5 heteroatoms. The number of carboxylic acids is 1. The van der Waals surface area contributed by atoms with Crippen LogP contribution >= 0.6 is 11.3 Å². The summed E-state index contributed by atoms with van der Waals surface area (Å²) in [6, 6.07) is 15.3. The molecular weight excluding hydrogens is 284 g/mol. The van der Waals surface area contributed by atoms with Crippen LogP contribution in [0.4, 0.5) is 0 Å². The Morgan fingerprint density at radius 1 is 1.19 bits per heavy atom. The van der Waals surface area contributed by atoms with Crippen LogP contribution in [0.3, 0.4) is 0 Å². The van der Waals surface area contributed by atoms with Gasteiger partial charge >= 0.3 is 5.97 Å². The molecule has 0 spiro atoms. The number of para-hydroxylation sites is 1. The molecule has 0 fully saturated rings. The van der Waals surface area contributed by atoms with Crippen LogP contribution in [0.15, 0.2) is 48.5 Å². The molecule has 0 saturated heterocycles. The second kappa shape index (κ2) is 5.63. The Morgan fingerprint density at radius 3 is 2.62 bits per heavy atom. The Labute approximate surface area is 125 Å². The van der Waals surface area contributed by atoms with Crippen molar-refractivity contribution >= 4 is 27.5 Å². The summed E-state index contributed by atoms with van der Waals surface area (Å²) >= 11 is 1.56. The number of fused-ring (bicyclic) bond motifs is 1. The van der Waals surface area contributed by atoms with Crippen molar-refractivity contribution in [2.75, 3.05) is 6.54 Å². The molecule has 1 aromatic heterocycles. The van der Waals surface area contributed by atoms with Gasteiger partial charge in [-0.1, -0.05) is 36.4 Å². The molecule has 0 aliphatic carbocycles. The lowest BCUT2D eigenvalue weighted by Crippen LogP contribution is -2.21. The zero-order chi connectivity index (χ0) is 14.8. The molecule has 3 N–H and O–H groups in total. The lowest BCUT2D eigenvalue weighted by Gasteiger charge is -2.13. The first-order valence-electron chi connectivity index (χ1n) is 6.58. The Hall–Kier alpha value is -2.24. The third-order valence-electron chi connectivity index (χ3n) is 3.39. The molecule has 1 unspecified atom stereocenters. The number of carbonyl (C=O) groups is 1. The first kappa shape index (κ1) is 13.7. The molecule has 0 aliphatic rings. The number of nitrogens with two attached hydrogens (primary N) is 1. The Morgan fingerprint density at radius 2 is 1.90 bits per heavy atom. The van der Waals surface area contributed by atoms with Crippen molar-refractivity contribution in [3.8, 4) is 10.6 Å². The number of aromatic nitrogens is 1. The molecule has 1 heterocycles. The summed E-state index contributed by atoms with van der Waals surface area (Å²) in [6.07, 6.45) is 0. The maximum atomic E-state index is 11.4. The quantitative estimate of drug-likeness (QED) is 0.776. The molecule has 0 bridgehead atoms. The fraction of sp³-hybridized carbons (Fsp3) is 0.125. The largest absolute Gasteiger partial charge is 0.481 e. The molecule has 2 aromatic carbocycles. The number of benzene rings is 2. The van der Waals surface area contributed by atoms with E-state index in [0.29, 0.717) is 5.56 Å². The van der Waals surface area contributed by atoms with Gasteiger partial charge in [-0.3, -0.25) is 4.79 Å². The van der Waals surface area contributed by atoms with Crippen LogP contribution in [0.25, 0.3) is 20.8 Å². The van der Waals surface area contributed by atoms with Crippen molar-refractivity contribution in [1.29, 1.82) is 0 Å². The van der Waals surface area contributed by atoms with Crippen LogP contribution < -0.4 is 5.73 Å². The molecule has 106 valence electrons. The van der Waals surface area contributed by atoms with Crippen molar-refractivity contribution in [2.45, 2.75) is 5.92 Å². The van der Waals surface area contributed by atoms with E-state index in [0.717, 1.165) is 20.8 Å². The lowest BCUT2D eigenvalue weighted by molar-refractivity contribution is -0.138. The normalized spacial score (nSPS) is 12.4. The van der Waals surface area contributed by atoms with Gasteiger partial charge in [-0.2, -0.15) is 0 Å². The molecule has 4 nitrogen and oxygen atoms in total. The van der Waals surface area contributed by atoms with Gasteiger partial charge in [0.1, 0.15) is 5.01 Å². The third-order valence-corrected chi connectivity index (χ3v) is 4.46. The van der Waals surface area contributed by atoms with Gasteiger partial charge in [0.2, 0.25) is 0 Å². The Bertz CT molecular complexity index is 765. The molecular formula is C16H14N2O2S. The second-order valence-corrected chi connectivity index (χ2v) is 5.73. The average Bonchev–Trinajstić information content (AvgIpc) is 2.92. The average molecular weight is 298 g/mol. The number of aliphatic carboxylic acids is 1. The van der Waals surface area contributed by atoms with Gasteiger partial charge in [-0.05, 0) is 17.7 Å². The minimum absolute atomic E-state index is 0.0667. The van der Waals surface area contributed by atoms with Crippen molar-refractivity contribution in [2.24, 2.45) is 5.73 Å². The molecule has 0 saturated carbocycles. The molecule has 0 amide bonds. The van der Waals surface area contributed by atoms with E-state index in [1.165, 1.54) is 0 Å². The first-order chi connectivity index (χ1) is 10.2. The van der Waals surface area contributed by atoms with E-state index in [4.69, 9.17) is 5.73 Å². The molecule has 3 aromatic rings. The minimum atomic E-state index is -0.911. The van der Waals surface area contributed by atoms with Crippen molar-refractivity contribution in [1.82, 2.24) is 4.98 Å². The number of carboxylic acid groups (broad SMARTS) is 1. The highest BCUT2D eigenvalue weighted by molar-refractivity contribution is 7.21. The van der Waals surface area contributed by atoms with Crippen molar-refractivity contribution in [3.63, 3.8) is 0 Å². The monoisotopic (exact) mass is 298 g/mol. The highest BCUT2D eigenvalue weighted by Gasteiger charge is 2.22. The fourth-order valence-electron chi connectivity index (χ4n) is 2.34. The van der Waals surface area contributed by atoms with Gasteiger partial charge in [-0.25, -0.2) is 4.98 Å². The van der Waals surface area contributed by atoms with Crippen molar-refractivity contribution < 1.29 is 9.90 Å². The van der Waals surface area contributed by atoms with E-state index in [2.05, 4.69) is 4.98 Å². The maximum absolute atomic E-state index is 11.4. The first-order valence-corrected chi connectivity index (χ1v) is 7.40. The van der Waals surface area contributed by atoms with Crippen LogP contribution in [0.1, 0.15) is 11.5 Å². The van der Waals surface area contributed by atoms with E-state index in [1.807, 2.05) is 48.5 Å². The van der Waals surface area contributed by atoms with Gasteiger partial charge < -0.3 is 10.8 Å². The van der Waals surface area contributed by atoms with Gasteiger partial charge in [0.15, 0.2) is 0 Å². The van der Waals surface area contributed by atoms with Crippen molar-refractivity contribution in [3.05, 3.63) is 54.1 Å². The molecule has 0 aliphatic heterocycles. The summed E-state index contributed by atoms with van der Waals surface area (Å²) in [4.78, 5) is 16.0. The Balaban J connectivity index is 2.16. The summed E-state index contributed by atoms with van der Waals surface area (Å²) in [5.74, 6) is -1.63. The van der Waals surface area contributed by atoms with Crippen LogP contribution in [-0.4, -0.2) is 22.6 Å². The van der Waals surface area contributed by atoms with E-state index < -0.39 is 11.9 Å². The van der Waals surface area contributed by atoms with Crippen LogP contribution in [-0.2, 0) is 4.79 Å². The number of rotatable bonds is 4. The summed E-state index contributed by atoms with van der Waals surface area (Å²) in [7, 11) is 0. The summed E-state index contributed by atoms with van der Waals surface area (Å²) in [6.45, 7) is 0.0667. The van der Waals surface area contributed by atoms with E-state index in [9.17, 15) is 9.90 Å². The smallest absolute Gasteiger partial charge is 0.312 e.